The second kappa shape index (κ2) is 9.28. The predicted octanol–water partition coefficient (Wildman–Crippen LogP) is 3.55. The van der Waals surface area contributed by atoms with Gasteiger partial charge in [0.1, 0.15) is 5.00 Å². The number of carbonyl (C=O) groups excluding carboxylic acids is 3. The summed E-state index contributed by atoms with van der Waals surface area (Å²) in [6.45, 7) is 6.38. The maximum absolute atomic E-state index is 12.2. The number of ether oxygens (including phenoxy) is 2. The fourth-order valence-corrected chi connectivity index (χ4v) is 3.59. The molecule has 1 amide bonds. The molecule has 29 heavy (non-hydrogen) atoms. The first kappa shape index (κ1) is 22.0. The number of esters is 2. The third-order valence-corrected chi connectivity index (χ3v) is 5.20. The minimum absolute atomic E-state index is 0.0934. The van der Waals surface area contributed by atoms with Crippen LogP contribution in [-0.2, 0) is 14.3 Å². The molecule has 0 aliphatic heterocycles. The average molecular weight is 420 g/mol. The lowest BCUT2D eigenvalue weighted by Gasteiger charge is -2.08. The van der Waals surface area contributed by atoms with Crippen LogP contribution in [0.5, 0.6) is 0 Å². The van der Waals surface area contributed by atoms with Gasteiger partial charge in [-0.05, 0) is 45.4 Å². The molecule has 9 nitrogen and oxygen atoms in total. The zero-order valence-corrected chi connectivity index (χ0v) is 17.2. The lowest BCUT2D eigenvalue weighted by atomic mass is 10.1. The molecule has 0 aliphatic carbocycles. The molecule has 2 rings (SSSR count). The summed E-state index contributed by atoms with van der Waals surface area (Å²) in [5.74, 6) is -1.95. The second-order valence-electron chi connectivity index (χ2n) is 6.09. The molecule has 0 atom stereocenters. The summed E-state index contributed by atoms with van der Waals surface area (Å²) in [5.41, 5.74) is 1.27. The molecule has 0 radical (unpaired) electrons. The Balaban J connectivity index is 2.04. The summed E-state index contributed by atoms with van der Waals surface area (Å²) in [4.78, 5) is 47.6. The molecular formula is C19H20N2O7S. The third-order valence-electron chi connectivity index (χ3n) is 4.08. The molecule has 0 saturated heterocycles. The lowest BCUT2D eigenvalue weighted by Crippen LogP contribution is -2.21. The first-order chi connectivity index (χ1) is 13.6. The molecule has 0 fully saturated rings. The van der Waals surface area contributed by atoms with Crippen LogP contribution in [0.1, 0.15) is 43.6 Å². The molecule has 10 heteroatoms. The van der Waals surface area contributed by atoms with Gasteiger partial charge in [0.2, 0.25) is 0 Å². The predicted molar refractivity (Wildman–Crippen MR) is 106 cm³/mol. The molecule has 0 unspecified atom stereocenters. The maximum Gasteiger partial charge on any atom is 0.341 e. The van der Waals surface area contributed by atoms with Crippen molar-refractivity contribution in [1.29, 1.82) is 0 Å². The van der Waals surface area contributed by atoms with Gasteiger partial charge in [-0.2, -0.15) is 0 Å². The van der Waals surface area contributed by atoms with Crippen molar-refractivity contribution in [3.8, 4) is 0 Å². The fourth-order valence-electron chi connectivity index (χ4n) is 2.53. The molecule has 2 aromatic rings. The molecule has 0 aliphatic rings. The summed E-state index contributed by atoms with van der Waals surface area (Å²) in [6.07, 6.45) is 0. The van der Waals surface area contributed by atoms with Crippen molar-refractivity contribution in [2.75, 3.05) is 18.5 Å². The van der Waals surface area contributed by atoms with E-state index in [1.165, 1.54) is 36.5 Å². The van der Waals surface area contributed by atoms with Crippen LogP contribution in [0.3, 0.4) is 0 Å². The van der Waals surface area contributed by atoms with E-state index < -0.39 is 29.4 Å². The molecule has 1 heterocycles. The van der Waals surface area contributed by atoms with Crippen LogP contribution in [0.4, 0.5) is 10.7 Å². The number of nitrogens with zero attached hydrogens (tertiary/aromatic N) is 1. The fraction of sp³-hybridized carbons (Fsp3) is 0.316. The van der Waals surface area contributed by atoms with Crippen molar-refractivity contribution in [3.63, 3.8) is 0 Å². The van der Waals surface area contributed by atoms with Crippen LogP contribution in [0.2, 0.25) is 0 Å². The van der Waals surface area contributed by atoms with Gasteiger partial charge in [-0.25, -0.2) is 9.59 Å². The number of benzene rings is 1. The Bertz CT molecular complexity index is 981. The van der Waals surface area contributed by atoms with Gasteiger partial charge in [0, 0.05) is 16.5 Å². The normalized spacial score (nSPS) is 10.3. The van der Waals surface area contributed by atoms with Crippen molar-refractivity contribution < 1.29 is 28.8 Å². The number of aryl methyl sites for hydroxylation is 2. The van der Waals surface area contributed by atoms with Crippen LogP contribution in [0.25, 0.3) is 0 Å². The van der Waals surface area contributed by atoms with Crippen LogP contribution >= 0.6 is 11.3 Å². The number of nitro groups is 1. The van der Waals surface area contributed by atoms with E-state index in [1.807, 2.05) is 6.92 Å². The summed E-state index contributed by atoms with van der Waals surface area (Å²) < 4.78 is 9.99. The average Bonchev–Trinajstić information content (AvgIpc) is 2.93. The van der Waals surface area contributed by atoms with Gasteiger partial charge in [0.15, 0.2) is 6.61 Å². The highest BCUT2D eigenvalue weighted by Gasteiger charge is 2.22. The zero-order chi connectivity index (χ0) is 21.7. The second-order valence-corrected chi connectivity index (χ2v) is 7.32. The van der Waals surface area contributed by atoms with E-state index in [0.29, 0.717) is 16.1 Å². The summed E-state index contributed by atoms with van der Waals surface area (Å²) >= 11 is 1.22. The lowest BCUT2D eigenvalue weighted by molar-refractivity contribution is -0.385. The number of carbonyl (C=O) groups is 3. The molecule has 0 spiro atoms. The number of hydrogen-bond donors (Lipinski definition) is 1. The minimum Gasteiger partial charge on any atom is -0.462 e. The van der Waals surface area contributed by atoms with Gasteiger partial charge in [0.05, 0.1) is 22.7 Å². The van der Waals surface area contributed by atoms with Crippen molar-refractivity contribution in [2.24, 2.45) is 0 Å². The molecule has 0 bridgehead atoms. The Morgan fingerprint density at radius 3 is 2.41 bits per heavy atom. The number of anilines is 1. The molecule has 1 aromatic heterocycles. The Kier molecular flexibility index (Phi) is 7.05. The van der Waals surface area contributed by atoms with E-state index in [9.17, 15) is 24.5 Å². The topological polar surface area (TPSA) is 125 Å². The Labute approximate surface area is 170 Å². The number of nitro benzene ring substituents is 1. The van der Waals surface area contributed by atoms with Crippen molar-refractivity contribution in [2.45, 2.75) is 27.7 Å². The van der Waals surface area contributed by atoms with Gasteiger partial charge in [0.25, 0.3) is 11.6 Å². The van der Waals surface area contributed by atoms with Gasteiger partial charge < -0.3 is 14.8 Å². The summed E-state index contributed by atoms with van der Waals surface area (Å²) in [7, 11) is 0. The van der Waals surface area contributed by atoms with Crippen LogP contribution in [0.15, 0.2) is 18.2 Å². The number of nitrogens with one attached hydrogen (secondary N) is 1. The minimum atomic E-state index is -0.790. The largest absolute Gasteiger partial charge is 0.462 e. The van der Waals surface area contributed by atoms with E-state index in [0.717, 1.165) is 4.88 Å². The van der Waals surface area contributed by atoms with Gasteiger partial charge in [-0.3, -0.25) is 14.9 Å². The summed E-state index contributed by atoms with van der Waals surface area (Å²) in [6, 6.07) is 3.79. The highest BCUT2D eigenvalue weighted by atomic mass is 32.1. The SMILES string of the molecule is CCOC(=O)c1c(NC(=O)COC(=O)c2ccc([N+](=O)[O-])c(C)c2)sc(C)c1C. The smallest absolute Gasteiger partial charge is 0.341 e. The number of thiophene rings is 1. The van der Waals surface area contributed by atoms with E-state index in [-0.39, 0.29) is 23.4 Å². The number of amides is 1. The van der Waals surface area contributed by atoms with Crippen molar-refractivity contribution >= 4 is 39.9 Å². The summed E-state index contributed by atoms with van der Waals surface area (Å²) in [5, 5.41) is 13.7. The molecule has 0 saturated carbocycles. The Hall–Kier alpha value is -3.27. The molecule has 154 valence electrons. The van der Waals surface area contributed by atoms with Gasteiger partial charge >= 0.3 is 11.9 Å². The standard InChI is InChI=1S/C19H20N2O7S/c1-5-27-19(24)16-11(3)12(4)29-17(16)20-15(22)9-28-18(23)13-6-7-14(21(25)26)10(2)8-13/h6-8H,5,9H2,1-4H3,(H,20,22). The third kappa shape index (κ3) is 5.17. The van der Waals surface area contributed by atoms with E-state index in [4.69, 9.17) is 9.47 Å². The number of hydrogen-bond acceptors (Lipinski definition) is 8. The first-order valence-corrected chi connectivity index (χ1v) is 9.46. The monoisotopic (exact) mass is 420 g/mol. The highest BCUT2D eigenvalue weighted by molar-refractivity contribution is 7.16. The maximum atomic E-state index is 12.2. The van der Waals surface area contributed by atoms with Crippen LogP contribution < -0.4 is 5.32 Å². The highest BCUT2D eigenvalue weighted by Crippen LogP contribution is 2.33. The van der Waals surface area contributed by atoms with E-state index in [2.05, 4.69) is 5.32 Å². The van der Waals surface area contributed by atoms with Crippen LogP contribution in [-0.4, -0.2) is 36.0 Å². The zero-order valence-electron chi connectivity index (χ0n) is 16.4. The quantitative estimate of drug-likeness (QED) is 0.412. The Morgan fingerprint density at radius 1 is 1.14 bits per heavy atom. The van der Waals surface area contributed by atoms with E-state index in [1.54, 1.807) is 13.8 Å². The number of rotatable bonds is 7. The van der Waals surface area contributed by atoms with Gasteiger partial charge in [-0.1, -0.05) is 0 Å². The Morgan fingerprint density at radius 2 is 1.83 bits per heavy atom. The van der Waals surface area contributed by atoms with Crippen molar-refractivity contribution in [3.05, 3.63) is 55.4 Å². The van der Waals surface area contributed by atoms with Crippen LogP contribution in [0, 0.1) is 30.9 Å². The molecular weight excluding hydrogens is 400 g/mol. The molecule has 1 aromatic carbocycles. The first-order valence-electron chi connectivity index (χ1n) is 8.64. The van der Waals surface area contributed by atoms with Crippen molar-refractivity contribution in [1.82, 2.24) is 0 Å². The van der Waals surface area contributed by atoms with E-state index >= 15 is 0 Å². The molecule has 1 N–H and O–H groups in total. The van der Waals surface area contributed by atoms with Gasteiger partial charge in [-0.15, -0.1) is 11.3 Å².